The van der Waals surface area contributed by atoms with Crippen LogP contribution in [-0.2, 0) is 0 Å². The van der Waals surface area contributed by atoms with Crippen LogP contribution in [0.2, 0.25) is 0 Å². The van der Waals surface area contributed by atoms with Crippen molar-refractivity contribution in [1.29, 1.82) is 5.26 Å². The monoisotopic (exact) mass is 294 g/mol. The number of anilines is 2. The predicted octanol–water partition coefficient (Wildman–Crippen LogP) is 2.16. The van der Waals surface area contributed by atoms with E-state index in [2.05, 4.69) is 16.0 Å². The van der Waals surface area contributed by atoms with Crippen LogP contribution in [0.5, 0.6) is 0 Å². The molecule has 1 unspecified atom stereocenters. The lowest BCUT2D eigenvalue weighted by atomic mass is 10.0. The second-order valence-corrected chi connectivity index (χ2v) is 5.48. The van der Waals surface area contributed by atoms with Gasteiger partial charge in [-0.1, -0.05) is 6.07 Å². The third kappa shape index (κ3) is 2.49. The summed E-state index contributed by atoms with van der Waals surface area (Å²) in [6.45, 7) is 1.01. The quantitative estimate of drug-likeness (QED) is 0.847. The zero-order valence-corrected chi connectivity index (χ0v) is 12.2. The molecule has 1 aromatic carbocycles. The first kappa shape index (κ1) is 14.4. The predicted molar refractivity (Wildman–Crippen MR) is 86.3 cm³/mol. The van der Waals surface area contributed by atoms with Crippen molar-refractivity contribution < 1.29 is 5.11 Å². The van der Waals surface area contributed by atoms with E-state index in [1.54, 1.807) is 18.5 Å². The van der Waals surface area contributed by atoms with Crippen LogP contribution in [0.3, 0.4) is 0 Å². The highest BCUT2D eigenvalue weighted by Crippen LogP contribution is 2.34. The molecule has 1 aliphatic heterocycles. The van der Waals surface area contributed by atoms with E-state index in [1.165, 1.54) is 0 Å². The lowest BCUT2D eigenvalue weighted by Crippen LogP contribution is -2.32. The fraction of sp³-hybridized carbons (Fsp3) is 0.294. The molecule has 0 radical (unpaired) electrons. The summed E-state index contributed by atoms with van der Waals surface area (Å²) in [5, 5.41) is 18.8. The minimum Gasteiger partial charge on any atom is -0.397 e. The maximum absolute atomic E-state index is 9.52. The molecule has 2 heterocycles. The molecule has 1 saturated heterocycles. The molecule has 112 valence electrons. The lowest BCUT2D eigenvalue weighted by molar-refractivity contribution is 0.266. The summed E-state index contributed by atoms with van der Waals surface area (Å²) in [7, 11) is 0. The Kier molecular flexibility index (Phi) is 3.94. The highest BCUT2D eigenvalue weighted by atomic mass is 16.3. The van der Waals surface area contributed by atoms with Crippen LogP contribution in [-0.4, -0.2) is 29.3 Å². The number of benzene rings is 1. The zero-order chi connectivity index (χ0) is 15.5. The van der Waals surface area contributed by atoms with Crippen molar-refractivity contribution in [3.8, 4) is 17.2 Å². The SMILES string of the molecule is N#Cc1ccncc1-c1ccc(N)c(N2CCCC2CO)c1. The van der Waals surface area contributed by atoms with Crippen molar-refractivity contribution in [3.63, 3.8) is 0 Å². The Labute approximate surface area is 129 Å². The first-order valence-electron chi connectivity index (χ1n) is 7.36. The molecule has 3 rings (SSSR count). The normalized spacial score (nSPS) is 17.5. The van der Waals surface area contributed by atoms with E-state index in [9.17, 15) is 10.4 Å². The van der Waals surface area contributed by atoms with E-state index in [-0.39, 0.29) is 12.6 Å². The van der Waals surface area contributed by atoms with E-state index in [0.717, 1.165) is 36.2 Å². The van der Waals surface area contributed by atoms with Crippen LogP contribution in [0.15, 0.2) is 36.7 Å². The molecule has 3 N–H and O–H groups in total. The van der Waals surface area contributed by atoms with Gasteiger partial charge in [-0.3, -0.25) is 4.98 Å². The van der Waals surface area contributed by atoms with Gasteiger partial charge in [-0.15, -0.1) is 0 Å². The summed E-state index contributed by atoms with van der Waals surface area (Å²) in [6.07, 6.45) is 5.33. The number of nitriles is 1. The molecule has 0 aliphatic carbocycles. The molecular weight excluding hydrogens is 276 g/mol. The largest absolute Gasteiger partial charge is 0.397 e. The number of nitrogen functional groups attached to an aromatic ring is 1. The van der Waals surface area contributed by atoms with Gasteiger partial charge in [0.2, 0.25) is 0 Å². The van der Waals surface area contributed by atoms with Crippen LogP contribution in [0.25, 0.3) is 11.1 Å². The number of aliphatic hydroxyl groups is 1. The van der Waals surface area contributed by atoms with Gasteiger partial charge in [-0.05, 0) is 36.6 Å². The highest BCUT2D eigenvalue weighted by Gasteiger charge is 2.25. The molecule has 2 aromatic rings. The minimum atomic E-state index is 0.113. The molecule has 1 aliphatic rings. The maximum atomic E-state index is 9.52. The average molecular weight is 294 g/mol. The Morgan fingerprint density at radius 1 is 1.41 bits per heavy atom. The Hall–Kier alpha value is -2.58. The number of nitrogens with two attached hydrogens (primary N) is 1. The van der Waals surface area contributed by atoms with Gasteiger partial charge in [0, 0.05) is 24.5 Å². The fourth-order valence-corrected chi connectivity index (χ4v) is 3.02. The van der Waals surface area contributed by atoms with Crippen LogP contribution in [0.1, 0.15) is 18.4 Å². The highest BCUT2D eigenvalue weighted by molar-refractivity contribution is 5.79. The summed E-state index contributed by atoms with van der Waals surface area (Å²) >= 11 is 0. The molecule has 0 bridgehead atoms. The number of aromatic nitrogens is 1. The number of hydrogen-bond acceptors (Lipinski definition) is 5. The summed E-state index contributed by atoms with van der Waals surface area (Å²) in [5.41, 5.74) is 10.0. The fourth-order valence-electron chi connectivity index (χ4n) is 3.02. The van der Waals surface area contributed by atoms with Gasteiger partial charge in [-0.2, -0.15) is 5.26 Å². The number of hydrogen-bond donors (Lipinski definition) is 2. The molecule has 5 nitrogen and oxygen atoms in total. The van der Waals surface area contributed by atoms with Crippen LogP contribution >= 0.6 is 0 Å². The molecular formula is C17H18N4O. The third-order valence-corrected chi connectivity index (χ3v) is 4.18. The lowest BCUT2D eigenvalue weighted by Gasteiger charge is -2.27. The van der Waals surface area contributed by atoms with E-state index >= 15 is 0 Å². The number of rotatable bonds is 3. The Morgan fingerprint density at radius 2 is 2.27 bits per heavy atom. The Bertz CT molecular complexity index is 723. The van der Waals surface area contributed by atoms with Crippen molar-refractivity contribution in [1.82, 2.24) is 4.98 Å². The molecule has 22 heavy (non-hydrogen) atoms. The second kappa shape index (κ2) is 6.04. The Balaban J connectivity index is 2.05. The molecule has 0 spiro atoms. The van der Waals surface area contributed by atoms with Crippen molar-refractivity contribution in [2.45, 2.75) is 18.9 Å². The van der Waals surface area contributed by atoms with Crippen LogP contribution in [0, 0.1) is 11.3 Å². The number of pyridine rings is 1. The molecule has 5 heteroatoms. The molecule has 0 amide bonds. The third-order valence-electron chi connectivity index (χ3n) is 4.18. The van der Waals surface area contributed by atoms with E-state index in [4.69, 9.17) is 5.73 Å². The van der Waals surface area contributed by atoms with E-state index in [0.29, 0.717) is 11.3 Å². The number of nitrogens with zero attached hydrogens (tertiary/aromatic N) is 3. The van der Waals surface area contributed by atoms with Gasteiger partial charge in [0.05, 0.1) is 35.7 Å². The van der Waals surface area contributed by atoms with Crippen molar-refractivity contribution >= 4 is 11.4 Å². The second-order valence-electron chi connectivity index (χ2n) is 5.48. The standard InChI is InChI=1S/C17H18N4O/c18-9-13-5-6-20-10-15(13)12-3-4-16(19)17(8-12)21-7-1-2-14(21)11-22/h3-6,8,10,14,22H,1-2,7,11,19H2. The summed E-state index contributed by atoms with van der Waals surface area (Å²) < 4.78 is 0. The average Bonchev–Trinajstić information content (AvgIpc) is 3.03. The van der Waals surface area contributed by atoms with Gasteiger partial charge < -0.3 is 15.7 Å². The molecule has 1 aromatic heterocycles. The number of aliphatic hydroxyl groups excluding tert-OH is 1. The first-order chi connectivity index (χ1) is 10.7. The van der Waals surface area contributed by atoms with Crippen LogP contribution in [0.4, 0.5) is 11.4 Å². The van der Waals surface area contributed by atoms with Gasteiger partial charge >= 0.3 is 0 Å². The summed E-state index contributed by atoms with van der Waals surface area (Å²) in [4.78, 5) is 6.27. The first-order valence-corrected chi connectivity index (χ1v) is 7.36. The molecule has 1 fully saturated rings. The van der Waals surface area contributed by atoms with Gasteiger partial charge in [0.25, 0.3) is 0 Å². The van der Waals surface area contributed by atoms with Crippen molar-refractivity contribution in [2.75, 3.05) is 23.8 Å². The topological polar surface area (TPSA) is 86.2 Å². The Morgan fingerprint density at radius 3 is 3.05 bits per heavy atom. The zero-order valence-electron chi connectivity index (χ0n) is 12.2. The maximum Gasteiger partial charge on any atom is 0.0999 e. The van der Waals surface area contributed by atoms with Gasteiger partial charge in [0.15, 0.2) is 0 Å². The summed E-state index contributed by atoms with van der Waals surface area (Å²) in [6, 6.07) is 9.76. The van der Waals surface area contributed by atoms with Gasteiger partial charge in [0.1, 0.15) is 0 Å². The molecule has 1 atom stereocenters. The van der Waals surface area contributed by atoms with Gasteiger partial charge in [-0.25, -0.2) is 0 Å². The molecule has 0 saturated carbocycles. The van der Waals surface area contributed by atoms with E-state index < -0.39 is 0 Å². The van der Waals surface area contributed by atoms with Crippen molar-refractivity contribution in [3.05, 3.63) is 42.2 Å². The van der Waals surface area contributed by atoms with Crippen LogP contribution < -0.4 is 10.6 Å². The minimum absolute atomic E-state index is 0.113. The summed E-state index contributed by atoms with van der Waals surface area (Å²) in [5.74, 6) is 0. The van der Waals surface area contributed by atoms with Crippen molar-refractivity contribution in [2.24, 2.45) is 0 Å². The van der Waals surface area contributed by atoms with E-state index in [1.807, 2.05) is 18.2 Å². The smallest absolute Gasteiger partial charge is 0.0999 e.